The summed E-state index contributed by atoms with van der Waals surface area (Å²) in [6.45, 7) is -0.278. The van der Waals surface area contributed by atoms with Gasteiger partial charge in [-0.1, -0.05) is 0 Å². The molecule has 0 saturated carbocycles. The van der Waals surface area contributed by atoms with Crippen molar-refractivity contribution in [3.8, 4) is 0 Å². The number of nitrogens with zero attached hydrogens (tertiary/aromatic N) is 1. The number of hydrogen-bond acceptors (Lipinski definition) is 7. The van der Waals surface area contributed by atoms with Gasteiger partial charge in [-0.3, -0.25) is 14.3 Å². The molecule has 112 valence electrons. The number of aliphatic hydroxyl groups excluding tert-OH is 3. The van der Waals surface area contributed by atoms with Crippen LogP contribution in [0.5, 0.6) is 0 Å². The van der Waals surface area contributed by atoms with Crippen LogP contribution in [0.3, 0.4) is 0 Å². The maximum absolute atomic E-state index is 11.8. The minimum absolute atomic E-state index is 0.219. The normalized spacial score (nSPS) is 29.8. The van der Waals surface area contributed by atoms with E-state index in [9.17, 15) is 19.8 Å². The van der Waals surface area contributed by atoms with Crippen LogP contribution >= 0.6 is 0 Å². The fourth-order valence-electron chi connectivity index (χ4n) is 2.16. The zero-order chi connectivity index (χ0) is 14.9. The summed E-state index contributed by atoms with van der Waals surface area (Å²) in [5.74, 6) is 0. The number of aromatic amines is 1. The van der Waals surface area contributed by atoms with Crippen molar-refractivity contribution in [2.24, 2.45) is 5.73 Å². The highest BCUT2D eigenvalue weighted by molar-refractivity contribution is 5.06. The second-order valence-corrected chi connectivity index (χ2v) is 4.59. The molecule has 0 radical (unpaired) electrons. The average Bonchev–Trinajstić information content (AvgIpc) is 2.70. The van der Waals surface area contributed by atoms with Gasteiger partial charge >= 0.3 is 5.69 Å². The summed E-state index contributed by atoms with van der Waals surface area (Å²) in [5.41, 5.74) is 4.31. The molecule has 1 aliphatic rings. The lowest BCUT2D eigenvalue weighted by molar-refractivity contribution is -0.0551. The third-order valence-corrected chi connectivity index (χ3v) is 3.25. The van der Waals surface area contributed by atoms with Crippen LogP contribution in [0.15, 0.2) is 15.8 Å². The van der Waals surface area contributed by atoms with Crippen LogP contribution in [0.2, 0.25) is 0 Å². The second kappa shape index (κ2) is 5.85. The van der Waals surface area contributed by atoms with Gasteiger partial charge in [0.25, 0.3) is 5.56 Å². The quantitative estimate of drug-likeness (QED) is 0.388. The highest BCUT2D eigenvalue weighted by Crippen LogP contribution is 2.27. The van der Waals surface area contributed by atoms with E-state index in [0.717, 1.165) is 4.57 Å². The Morgan fingerprint density at radius 1 is 1.35 bits per heavy atom. The van der Waals surface area contributed by atoms with Crippen molar-refractivity contribution < 1.29 is 20.1 Å². The molecule has 2 heterocycles. The molecule has 4 atom stereocenters. The monoisotopic (exact) mass is 287 g/mol. The lowest BCUT2D eigenvalue weighted by Gasteiger charge is -2.17. The minimum Gasteiger partial charge on any atom is -0.394 e. The Balaban J connectivity index is 2.40. The van der Waals surface area contributed by atoms with E-state index in [1.165, 1.54) is 6.20 Å². The predicted octanol–water partition coefficient (Wildman–Crippen LogP) is -3.35. The highest BCUT2D eigenvalue weighted by Gasteiger charge is 2.43. The van der Waals surface area contributed by atoms with Crippen LogP contribution < -0.4 is 17.0 Å². The Morgan fingerprint density at radius 2 is 2.05 bits per heavy atom. The number of H-pyrrole nitrogens is 1. The molecule has 9 heteroatoms. The number of ether oxygens (including phenoxy) is 1. The van der Waals surface area contributed by atoms with Crippen molar-refractivity contribution in [3.05, 3.63) is 32.6 Å². The Labute approximate surface area is 113 Å². The molecule has 20 heavy (non-hydrogen) atoms. The van der Waals surface area contributed by atoms with Crippen LogP contribution in [-0.2, 0) is 11.2 Å². The van der Waals surface area contributed by atoms with E-state index < -0.39 is 42.4 Å². The fourth-order valence-corrected chi connectivity index (χ4v) is 2.16. The van der Waals surface area contributed by atoms with E-state index in [-0.39, 0.29) is 18.5 Å². The number of aromatic nitrogens is 2. The third kappa shape index (κ3) is 2.53. The molecule has 2 rings (SSSR count). The molecule has 1 fully saturated rings. The maximum atomic E-state index is 11.8. The summed E-state index contributed by atoms with van der Waals surface area (Å²) in [6, 6.07) is 0. The minimum atomic E-state index is -1.39. The zero-order valence-electron chi connectivity index (χ0n) is 10.6. The van der Waals surface area contributed by atoms with Crippen molar-refractivity contribution >= 4 is 0 Å². The molecule has 1 aromatic rings. The summed E-state index contributed by atoms with van der Waals surface area (Å²) in [6.07, 6.45) is -3.38. The molecule has 0 spiro atoms. The lowest BCUT2D eigenvalue weighted by Crippen LogP contribution is -2.39. The SMILES string of the molecule is NCCc1cn([C@@H]2O[C@H](CO)[C@@H](O)[C@H]2O)c(=O)[nH]c1=O. The summed E-state index contributed by atoms with van der Waals surface area (Å²) in [4.78, 5) is 25.4. The standard InChI is InChI=1S/C11H17N3O6/c12-2-1-5-3-14(11(19)13-9(5)18)10-8(17)7(16)6(4-15)20-10/h3,6-8,10,15-17H,1-2,4,12H2,(H,13,18,19)/t6-,7-,8-,10-/m1/s1. The van der Waals surface area contributed by atoms with Gasteiger partial charge in [-0.2, -0.15) is 0 Å². The van der Waals surface area contributed by atoms with E-state index in [0.29, 0.717) is 0 Å². The highest BCUT2D eigenvalue weighted by atomic mass is 16.6. The third-order valence-electron chi connectivity index (χ3n) is 3.25. The Morgan fingerprint density at radius 3 is 2.60 bits per heavy atom. The molecule has 1 aromatic heterocycles. The smallest absolute Gasteiger partial charge is 0.330 e. The van der Waals surface area contributed by atoms with Crippen LogP contribution in [0.1, 0.15) is 11.8 Å². The van der Waals surface area contributed by atoms with Gasteiger partial charge in [0.05, 0.1) is 6.61 Å². The van der Waals surface area contributed by atoms with Crippen LogP contribution in [0, 0.1) is 0 Å². The van der Waals surface area contributed by atoms with E-state index in [1.807, 2.05) is 0 Å². The van der Waals surface area contributed by atoms with Gasteiger partial charge in [0.2, 0.25) is 0 Å². The Bertz CT molecular complexity index is 582. The summed E-state index contributed by atoms with van der Waals surface area (Å²) >= 11 is 0. The molecule has 0 aliphatic carbocycles. The van der Waals surface area contributed by atoms with Gasteiger partial charge in [-0.15, -0.1) is 0 Å². The summed E-state index contributed by atoms with van der Waals surface area (Å²) in [7, 11) is 0. The topological polar surface area (TPSA) is 151 Å². The van der Waals surface area contributed by atoms with E-state index in [2.05, 4.69) is 4.98 Å². The number of nitrogens with two attached hydrogens (primary N) is 1. The predicted molar refractivity (Wildman–Crippen MR) is 67.1 cm³/mol. The van der Waals surface area contributed by atoms with Crippen molar-refractivity contribution in [1.82, 2.24) is 9.55 Å². The first kappa shape index (κ1) is 14.9. The first-order chi connectivity index (χ1) is 9.49. The molecule has 1 aliphatic heterocycles. The van der Waals surface area contributed by atoms with Crippen LogP contribution in [-0.4, -0.2) is 56.3 Å². The van der Waals surface area contributed by atoms with Crippen LogP contribution in [0.25, 0.3) is 0 Å². The summed E-state index contributed by atoms with van der Waals surface area (Å²) < 4.78 is 6.22. The van der Waals surface area contributed by atoms with Gasteiger partial charge in [0.1, 0.15) is 18.3 Å². The Kier molecular flexibility index (Phi) is 4.35. The molecule has 9 nitrogen and oxygen atoms in total. The molecule has 0 bridgehead atoms. The second-order valence-electron chi connectivity index (χ2n) is 4.59. The maximum Gasteiger partial charge on any atom is 0.330 e. The molecule has 0 amide bonds. The van der Waals surface area contributed by atoms with Gasteiger partial charge in [0.15, 0.2) is 6.23 Å². The molecule has 1 saturated heterocycles. The van der Waals surface area contributed by atoms with E-state index in [1.54, 1.807) is 0 Å². The van der Waals surface area contributed by atoms with Crippen LogP contribution in [0.4, 0.5) is 0 Å². The first-order valence-electron chi connectivity index (χ1n) is 6.16. The molecular weight excluding hydrogens is 270 g/mol. The number of aliphatic hydroxyl groups is 3. The zero-order valence-corrected chi connectivity index (χ0v) is 10.6. The number of rotatable bonds is 4. The number of nitrogens with one attached hydrogen (secondary N) is 1. The lowest BCUT2D eigenvalue weighted by atomic mass is 10.1. The van der Waals surface area contributed by atoms with Crippen molar-refractivity contribution in [3.63, 3.8) is 0 Å². The summed E-state index contributed by atoms with van der Waals surface area (Å²) in [5, 5.41) is 28.5. The van der Waals surface area contributed by atoms with Gasteiger partial charge in [0, 0.05) is 11.8 Å². The van der Waals surface area contributed by atoms with Crippen molar-refractivity contribution in [1.29, 1.82) is 0 Å². The largest absolute Gasteiger partial charge is 0.394 e. The van der Waals surface area contributed by atoms with Crippen molar-refractivity contribution in [2.75, 3.05) is 13.2 Å². The van der Waals surface area contributed by atoms with Gasteiger partial charge < -0.3 is 25.8 Å². The molecular formula is C11H17N3O6. The van der Waals surface area contributed by atoms with Gasteiger partial charge in [-0.05, 0) is 13.0 Å². The first-order valence-corrected chi connectivity index (χ1v) is 6.16. The molecule has 0 aromatic carbocycles. The average molecular weight is 287 g/mol. The molecule has 6 N–H and O–H groups in total. The molecule has 0 unspecified atom stereocenters. The Hall–Kier alpha value is -1.52. The van der Waals surface area contributed by atoms with E-state index in [4.69, 9.17) is 15.6 Å². The van der Waals surface area contributed by atoms with E-state index >= 15 is 0 Å². The van der Waals surface area contributed by atoms with Gasteiger partial charge in [-0.25, -0.2) is 4.79 Å². The van der Waals surface area contributed by atoms with Crippen molar-refractivity contribution in [2.45, 2.75) is 31.0 Å². The fraction of sp³-hybridized carbons (Fsp3) is 0.636. The number of hydrogen-bond donors (Lipinski definition) is 5.